The van der Waals surface area contributed by atoms with Gasteiger partial charge in [0, 0.05) is 19.2 Å². The highest BCUT2D eigenvalue weighted by molar-refractivity contribution is 5.94. The Kier molecular flexibility index (Phi) is 4.99. The second kappa shape index (κ2) is 6.93. The molecule has 0 aliphatic rings. The lowest BCUT2D eigenvalue weighted by atomic mass is 10.1. The molecule has 0 saturated carbocycles. The van der Waals surface area contributed by atoms with E-state index in [1.54, 1.807) is 4.90 Å². The van der Waals surface area contributed by atoms with Crippen LogP contribution in [0.4, 0.5) is 0 Å². The maximum atomic E-state index is 12.3. The first-order valence-electron chi connectivity index (χ1n) is 7.14. The van der Waals surface area contributed by atoms with Crippen LogP contribution in [-0.2, 0) is 6.54 Å². The number of carbonyl (C=O) groups is 1. The minimum absolute atomic E-state index is 0.0314. The first kappa shape index (κ1) is 15.1. The number of rotatable bonds is 5. The van der Waals surface area contributed by atoms with Crippen molar-refractivity contribution in [2.24, 2.45) is 0 Å². The summed E-state index contributed by atoms with van der Waals surface area (Å²) in [6, 6.07) is 15.5. The SMILES string of the molecule is CCOc1ccc(CN(C)C(=O)c2ccc(C)cc2)cc1. The fraction of sp³-hybridized carbons (Fsp3) is 0.278. The highest BCUT2D eigenvalue weighted by Gasteiger charge is 2.11. The smallest absolute Gasteiger partial charge is 0.253 e. The molecule has 0 N–H and O–H groups in total. The predicted molar refractivity (Wildman–Crippen MR) is 84.6 cm³/mol. The lowest BCUT2D eigenvalue weighted by molar-refractivity contribution is 0.0785. The van der Waals surface area contributed by atoms with Crippen molar-refractivity contribution in [3.05, 3.63) is 65.2 Å². The van der Waals surface area contributed by atoms with Gasteiger partial charge in [0.25, 0.3) is 5.91 Å². The van der Waals surface area contributed by atoms with Crippen LogP contribution in [0.15, 0.2) is 48.5 Å². The largest absolute Gasteiger partial charge is 0.494 e. The molecule has 0 radical (unpaired) electrons. The van der Waals surface area contributed by atoms with Crippen molar-refractivity contribution in [1.29, 1.82) is 0 Å². The summed E-state index contributed by atoms with van der Waals surface area (Å²) in [7, 11) is 1.82. The van der Waals surface area contributed by atoms with Gasteiger partial charge in [-0.3, -0.25) is 4.79 Å². The van der Waals surface area contributed by atoms with Crippen LogP contribution in [0.5, 0.6) is 5.75 Å². The Hall–Kier alpha value is -2.29. The molecule has 2 rings (SSSR count). The number of amides is 1. The zero-order valence-corrected chi connectivity index (χ0v) is 12.8. The van der Waals surface area contributed by atoms with Gasteiger partial charge in [0.1, 0.15) is 5.75 Å². The first-order valence-corrected chi connectivity index (χ1v) is 7.14. The van der Waals surface area contributed by atoms with Crippen molar-refractivity contribution in [2.45, 2.75) is 20.4 Å². The van der Waals surface area contributed by atoms with Crippen molar-refractivity contribution in [3.8, 4) is 5.75 Å². The predicted octanol–water partition coefficient (Wildman–Crippen LogP) is 3.67. The highest BCUT2D eigenvalue weighted by Crippen LogP contribution is 2.14. The number of aryl methyl sites for hydroxylation is 1. The Morgan fingerprint density at radius 1 is 1.05 bits per heavy atom. The molecule has 0 aromatic heterocycles. The number of ether oxygens (including phenoxy) is 1. The Labute approximate surface area is 126 Å². The van der Waals surface area contributed by atoms with E-state index < -0.39 is 0 Å². The third-order valence-corrected chi connectivity index (χ3v) is 3.30. The number of carbonyl (C=O) groups excluding carboxylic acids is 1. The number of nitrogens with zero attached hydrogens (tertiary/aromatic N) is 1. The Balaban J connectivity index is 2.01. The number of hydrogen-bond acceptors (Lipinski definition) is 2. The summed E-state index contributed by atoms with van der Waals surface area (Å²) in [6.07, 6.45) is 0. The first-order chi connectivity index (χ1) is 10.1. The van der Waals surface area contributed by atoms with E-state index in [2.05, 4.69) is 0 Å². The van der Waals surface area contributed by atoms with Gasteiger partial charge in [0.2, 0.25) is 0 Å². The Morgan fingerprint density at radius 2 is 1.67 bits per heavy atom. The van der Waals surface area contributed by atoms with Crippen LogP contribution in [0.2, 0.25) is 0 Å². The van der Waals surface area contributed by atoms with Crippen LogP contribution in [0.3, 0.4) is 0 Å². The van der Waals surface area contributed by atoms with Gasteiger partial charge in [0.05, 0.1) is 6.61 Å². The number of hydrogen-bond donors (Lipinski definition) is 0. The molecule has 110 valence electrons. The molecule has 0 unspecified atom stereocenters. The molecule has 0 atom stereocenters. The summed E-state index contributed by atoms with van der Waals surface area (Å²) in [5, 5.41) is 0. The van der Waals surface area contributed by atoms with E-state index in [9.17, 15) is 4.79 Å². The molecule has 2 aromatic rings. The van der Waals surface area contributed by atoms with Gasteiger partial charge in [-0.05, 0) is 43.7 Å². The molecule has 0 spiro atoms. The lowest BCUT2D eigenvalue weighted by Gasteiger charge is -2.17. The Bertz CT molecular complexity index is 588. The summed E-state index contributed by atoms with van der Waals surface area (Å²) >= 11 is 0. The minimum Gasteiger partial charge on any atom is -0.494 e. The summed E-state index contributed by atoms with van der Waals surface area (Å²) in [4.78, 5) is 14.1. The molecule has 0 fully saturated rings. The molecule has 0 saturated heterocycles. The van der Waals surface area contributed by atoms with Gasteiger partial charge in [-0.2, -0.15) is 0 Å². The van der Waals surface area contributed by atoms with E-state index >= 15 is 0 Å². The Morgan fingerprint density at radius 3 is 2.24 bits per heavy atom. The topological polar surface area (TPSA) is 29.5 Å². The lowest BCUT2D eigenvalue weighted by Crippen LogP contribution is -2.26. The monoisotopic (exact) mass is 283 g/mol. The third-order valence-electron chi connectivity index (χ3n) is 3.30. The highest BCUT2D eigenvalue weighted by atomic mass is 16.5. The minimum atomic E-state index is 0.0314. The van der Waals surface area contributed by atoms with Crippen LogP contribution in [0.1, 0.15) is 28.4 Å². The number of benzene rings is 2. The fourth-order valence-corrected chi connectivity index (χ4v) is 2.12. The van der Waals surface area contributed by atoms with Gasteiger partial charge in [-0.1, -0.05) is 29.8 Å². The molecule has 0 bridgehead atoms. The molecule has 3 nitrogen and oxygen atoms in total. The second-order valence-electron chi connectivity index (χ2n) is 5.10. The second-order valence-corrected chi connectivity index (χ2v) is 5.10. The van der Waals surface area contributed by atoms with E-state index in [4.69, 9.17) is 4.74 Å². The van der Waals surface area contributed by atoms with Gasteiger partial charge < -0.3 is 9.64 Å². The molecule has 0 heterocycles. The zero-order valence-electron chi connectivity index (χ0n) is 12.8. The maximum absolute atomic E-state index is 12.3. The third kappa shape index (κ3) is 4.09. The molecular weight excluding hydrogens is 262 g/mol. The van der Waals surface area contributed by atoms with E-state index in [0.29, 0.717) is 18.7 Å². The van der Waals surface area contributed by atoms with Crippen molar-refractivity contribution in [3.63, 3.8) is 0 Å². The van der Waals surface area contributed by atoms with Gasteiger partial charge in [-0.25, -0.2) is 0 Å². The van der Waals surface area contributed by atoms with Crippen molar-refractivity contribution < 1.29 is 9.53 Å². The quantitative estimate of drug-likeness (QED) is 0.838. The van der Waals surface area contributed by atoms with E-state index in [-0.39, 0.29) is 5.91 Å². The molecular formula is C18H21NO2. The maximum Gasteiger partial charge on any atom is 0.253 e. The van der Waals surface area contributed by atoms with Crippen LogP contribution < -0.4 is 4.74 Å². The standard InChI is InChI=1S/C18H21NO2/c1-4-21-17-11-7-15(8-12-17)13-19(3)18(20)16-9-5-14(2)6-10-16/h5-12H,4,13H2,1-3H3. The molecule has 21 heavy (non-hydrogen) atoms. The fourth-order valence-electron chi connectivity index (χ4n) is 2.12. The average Bonchev–Trinajstić information content (AvgIpc) is 2.49. The van der Waals surface area contributed by atoms with Gasteiger partial charge >= 0.3 is 0 Å². The summed E-state index contributed by atoms with van der Waals surface area (Å²) in [6.45, 7) is 5.21. The van der Waals surface area contributed by atoms with Gasteiger partial charge in [0.15, 0.2) is 0 Å². The summed E-state index contributed by atoms with van der Waals surface area (Å²) < 4.78 is 5.41. The van der Waals surface area contributed by atoms with Crippen LogP contribution >= 0.6 is 0 Å². The van der Waals surface area contributed by atoms with E-state index in [1.165, 1.54) is 0 Å². The van der Waals surface area contributed by atoms with E-state index in [1.807, 2.05) is 69.4 Å². The molecule has 1 amide bonds. The van der Waals surface area contributed by atoms with Crippen molar-refractivity contribution in [1.82, 2.24) is 4.90 Å². The molecule has 3 heteroatoms. The van der Waals surface area contributed by atoms with Crippen LogP contribution in [-0.4, -0.2) is 24.5 Å². The van der Waals surface area contributed by atoms with E-state index in [0.717, 1.165) is 16.9 Å². The van der Waals surface area contributed by atoms with Crippen molar-refractivity contribution in [2.75, 3.05) is 13.7 Å². The molecule has 0 aliphatic carbocycles. The van der Waals surface area contributed by atoms with Crippen molar-refractivity contribution >= 4 is 5.91 Å². The van der Waals surface area contributed by atoms with Crippen LogP contribution in [0, 0.1) is 6.92 Å². The molecule has 0 aliphatic heterocycles. The zero-order chi connectivity index (χ0) is 15.2. The summed E-state index contributed by atoms with van der Waals surface area (Å²) in [5.74, 6) is 0.887. The molecule has 2 aromatic carbocycles. The summed E-state index contributed by atoms with van der Waals surface area (Å²) in [5.41, 5.74) is 2.95. The normalized spacial score (nSPS) is 10.2. The average molecular weight is 283 g/mol. The van der Waals surface area contributed by atoms with Crippen LogP contribution in [0.25, 0.3) is 0 Å². The van der Waals surface area contributed by atoms with Gasteiger partial charge in [-0.15, -0.1) is 0 Å².